The quantitative estimate of drug-likeness (QED) is 0.762. The lowest BCUT2D eigenvalue weighted by Gasteiger charge is -2.34. The van der Waals surface area contributed by atoms with Gasteiger partial charge in [0.1, 0.15) is 0 Å². The van der Waals surface area contributed by atoms with Crippen molar-refractivity contribution in [2.45, 2.75) is 38.0 Å². The number of nitrogens with one attached hydrogen (secondary N) is 1. The average Bonchev–Trinajstić information content (AvgIpc) is 3.17. The highest BCUT2D eigenvalue weighted by Crippen LogP contribution is 2.34. The first-order valence-electron chi connectivity index (χ1n) is 9.70. The molecule has 146 valence electrons. The molecule has 5 nitrogen and oxygen atoms in total. The Kier molecular flexibility index (Phi) is 8.85. The van der Waals surface area contributed by atoms with E-state index in [1.54, 1.807) is 0 Å². The van der Waals surface area contributed by atoms with Crippen LogP contribution in [0.4, 0.5) is 5.69 Å². The molecule has 2 aliphatic rings. The van der Waals surface area contributed by atoms with Gasteiger partial charge in [-0.1, -0.05) is 25.0 Å². The van der Waals surface area contributed by atoms with Crippen LogP contribution in [0, 0.1) is 0 Å². The second-order valence-electron chi connectivity index (χ2n) is 7.31. The Bertz CT molecular complexity index is 538. The first kappa shape index (κ1) is 21.2. The Morgan fingerprint density at radius 2 is 1.58 bits per heavy atom. The molecule has 0 spiro atoms. The van der Waals surface area contributed by atoms with E-state index < -0.39 is 0 Å². The Hall–Kier alpha value is -1.14. The first-order valence-corrected chi connectivity index (χ1v) is 9.70. The number of nitrogens with zero attached hydrogens (tertiary/aromatic N) is 2. The van der Waals surface area contributed by atoms with Gasteiger partial charge in [0.25, 0.3) is 0 Å². The number of carbonyl (C=O) groups is 1. The monoisotopic (exact) mass is 381 g/mol. The van der Waals surface area contributed by atoms with Crippen molar-refractivity contribution in [3.8, 4) is 0 Å². The van der Waals surface area contributed by atoms with Crippen LogP contribution < -0.4 is 5.32 Å². The maximum absolute atomic E-state index is 12.2. The number of hydrogen-bond acceptors (Lipinski definition) is 4. The van der Waals surface area contributed by atoms with E-state index in [1.165, 1.54) is 31.2 Å². The second-order valence-corrected chi connectivity index (χ2v) is 7.31. The zero-order valence-corrected chi connectivity index (χ0v) is 16.3. The van der Waals surface area contributed by atoms with Crippen LogP contribution in [-0.2, 0) is 4.79 Å². The van der Waals surface area contributed by atoms with E-state index >= 15 is 0 Å². The lowest BCUT2D eigenvalue weighted by molar-refractivity contribution is -0.116. The predicted octanol–water partition coefficient (Wildman–Crippen LogP) is 2.70. The van der Waals surface area contributed by atoms with Crippen molar-refractivity contribution in [2.75, 3.05) is 51.2 Å². The van der Waals surface area contributed by atoms with Gasteiger partial charge in [-0.25, -0.2) is 0 Å². The van der Waals surface area contributed by atoms with Crippen molar-refractivity contribution in [3.63, 3.8) is 0 Å². The van der Waals surface area contributed by atoms with Crippen molar-refractivity contribution >= 4 is 24.0 Å². The minimum absolute atomic E-state index is 0. The summed E-state index contributed by atoms with van der Waals surface area (Å²) in [6.07, 6.45) is 5.83. The molecule has 1 aliphatic carbocycles. The summed E-state index contributed by atoms with van der Waals surface area (Å²) in [5, 5.41) is 12.0. The van der Waals surface area contributed by atoms with Gasteiger partial charge in [-0.2, -0.15) is 0 Å². The second kappa shape index (κ2) is 10.9. The third kappa shape index (κ3) is 6.23. The van der Waals surface area contributed by atoms with Gasteiger partial charge in [0.15, 0.2) is 0 Å². The zero-order chi connectivity index (χ0) is 17.5. The van der Waals surface area contributed by atoms with Crippen molar-refractivity contribution in [3.05, 3.63) is 29.8 Å². The molecule has 26 heavy (non-hydrogen) atoms. The largest absolute Gasteiger partial charge is 0.395 e. The van der Waals surface area contributed by atoms with Crippen LogP contribution in [0.2, 0.25) is 0 Å². The molecule has 2 fully saturated rings. The molecular weight excluding hydrogens is 350 g/mol. The molecule has 1 saturated heterocycles. The summed E-state index contributed by atoms with van der Waals surface area (Å²) in [4.78, 5) is 16.8. The highest BCUT2D eigenvalue weighted by molar-refractivity contribution is 5.90. The molecule has 2 N–H and O–H groups in total. The number of carbonyl (C=O) groups excluding carboxylic acids is 1. The van der Waals surface area contributed by atoms with Gasteiger partial charge in [-0.3, -0.25) is 9.69 Å². The van der Waals surface area contributed by atoms with Gasteiger partial charge in [-0.05, 0) is 36.5 Å². The molecule has 0 atom stereocenters. The molecule has 1 amide bonds. The molecule has 0 unspecified atom stereocenters. The number of piperazine rings is 1. The van der Waals surface area contributed by atoms with E-state index in [4.69, 9.17) is 5.11 Å². The fourth-order valence-corrected chi connectivity index (χ4v) is 3.96. The van der Waals surface area contributed by atoms with Crippen LogP contribution in [0.3, 0.4) is 0 Å². The van der Waals surface area contributed by atoms with E-state index in [0.29, 0.717) is 12.3 Å². The SMILES string of the molecule is Cl.O=C(CCN1CCN(CCO)CC1)Nc1ccc(C2CCCC2)cc1. The molecule has 0 aromatic heterocycles. The third-order valence-electron chi connectivity index (χ3n) is 5.56. The van der Waals surface area contributed by atoms with Gasteiger partial charge in [0, 0.05) is 51.4 Å². The lowest BCUT2D eigenvalue weighted by atomic mass is 9.97. The Morgan fingerprint density at radius 1 is 1.00 bits per heavy atom. The number of anilines is 1. The number of aliphatic hydroxyl groups is 1. The maximum Gasteiger partial charge on any atom is 0.225 e. The maximum atomic E-state index is 12.2. The van der Waals surface area contributed by atoms with Crippen molar-refractivity contribution in [2.24, 2.45) is 0 Å². The highest BCUT2D eigenvalue weighted by Gasteiger charge is 2.18. The van der Waals surface area contributed by atoms with Crippen LogP contribution in [0.1, 0.15) is 43.6 Å². The third-order valence-corrected chi connectivity index (χ3v) is 5.56. The number of halogens is 1. The van der Waals surface area contributed by atoms with Gasteiger partial charge >= 0.3 is 0 Å². The molecule has 0 radical (unpaired) electrons. The van der Waals surface area contributed by atoms with Gasteiger partial charge in [-0.15, -0.1) is 12.4 Å². The molecule has 1 aromatic carbocycles. The molecule has 6 heteroatoms. The van der Waals surface area contributed by atoms with Crippen LogP contribution in [-0.4, -0.2) is 66.7 Å². The fourth-order valence-electron chi connectivity index (χ4n) is 3.96. The Balaban J connectivity index is 0.00000243. The van der Waals surface area contributed by atoms with E-state index in [-0.39, 0.29) is 24.9 Å². The van der Waals surface area contributed by atoms with E-state index in [1.807, 2.05) is 12.1 Å². The number of aliphatic hydroxyl groups excluding tert-OH is 1. The van der Waals surface area contributed by atoms with Gasteiger partial charge in [0.05, 0.1) is 6.61 Å². The van der Waals surface area contributed by atoms with Crippen LogP contribution in [0.15, 0.2) is 24.3 Å². The molecule has 1 saturated carbocycles. The van der Waals surface area contributed by atoms with Crippen molar-refractivity contribution in [1.82, 2.24) is 9.80 Å². The number of hydrogen-bond donors (Lipinski definition) is 2. The van der Waals surface area contributed by atoms with E-state index in [0.717, 1.165) is 45.0 Å². The first-order chi connectivity index (χ1) is 12.2. The zero-order valence-electron chi connectivity index (χ0n) is 15.5. The normalized spacial score (nSPS) is 19.3. The summed E-state index contributed by atoms with van der Waals surface area (Å²) in [7, 11) is 0. The Labute approximate surface area is 163 Å². The highest BCUT2D eigenvalue weighted by atomic mass is 35.5. The summed E-state index contributed by atoms with van der Waals surface area (Å²) in [5.74, 6) is 0.806. The minimum Gasteiger partial charge on any atom is -0.395 e. The van der Waals surface area contributed by atoms with Crippen molar-refractivity contribution in [1.29, 1.82) is 0 Å². The summed E-state index contributed by atoms with van der Waals surface area (Å²) in [6.45, 7) is 5.69. The van der Waals surface area contributed by atoms with E-state index in [2.05, 4.69) is 27.2 Å². The number of β-amino-alcohol motifs (C(OH)–C–C–N with tert-alkyl or cyclic N) is 1. The molecule has 1 aliphatic heterocycles. The smallest absolute Gasteiger partial charge is 0.225 e. The van der Waals surface area contributed by atoms with Gasteiger partial charge in [0.2, 0.25) is 5.91 Å². The molecular formula is C20H32ClN3O2. The molecule has 1 heterocycles. The van der Waals surface area contributed by atoms with Gasteiger partial charge < -0.3 is 15.3 Å². The summed E-state index contributed by atoms with van der Waals surface area (Å²) < 4.78 is 0. The molecule has 1 aromatic rings. The number of amides is 1. The summed E-state index contributed by atoms with van der Waals surface area (Å²) in [5.41, 5.74) is 2.32. The lowest BCUT2D eigenvalue weighted by Crippen LogP contribution is -2.47. The van der Waals surface area contributed by atoms with Crippen molar-refractivity contribution < 1.29 is 9.90 Å². The van der Waals surface area contributed by atoms with E-state index in [9.17, 15) is 4.79 Å². The van der Waals surface area contributed by atoms with Crippen LogP contribution in [0.25, 0.3) is 0 Å². The molecule has 0 bridgehead atoms. The summed E-state index contributed by atoms with van der Waals surface area (Å²) in [6, 6.07) is 8.43. The fraction of sp³-hybridized carbons (Fsp3) is 0.650. The number of rotatable bonds is 7. The molecule has 3 rings (SSSR count). The standard InChI is InChI=1S/C20H31N3O2.ClH/c24-16-15-23-13-11-22(12-14-23)10-9-20(25)21-19-7-5-18(6-8-19)17-3-1-2-4-17;/h5-8,17,24H,1-4,9-16H2,(H,21,25);1H. The minimum atomic E-state index is 0. The van der Waals surface area contributed by atoms with Crippen LogP contribution in [0.5, 0.6) is 0 Å². The topological polar surface area (TPSA) is 55.8 Å². The predicted molar refractivity (Wildman–Crippen MR) is 108 cm³/mol. The number of benzene rings is 1. The average molecular weight is 382 g/mol. The summed E-state index contributed by atoms with van der Waals surface area (Å²) >= 11 is 0. The van der Waals surface area contributed by atoms with Crippen LogP contribution >= 0.6 is 12.4 Å². The Morgan fingerprint density at radius 3 is 2.15 bits per heavy atom.